The van der Waals surface area contributed by atoms with Crippen molar-refractivity contribution in [2.24, 2.45) is 0 Å². The third-order valence-corrected chi connectivity index (χ3v) is 4.38. The minimum absolute atomic E-state index is 0.373. The van der Waals surface area contributed by atoms with Crippen LogP contribution in [-0.2, 0) is 5.41 Å². The summed E-state index contributed by atoms with van der Waals surface area (Å²) in [5, 5.41) is 4.45. The largest absolute Gasteiger partial charge is 0.264 e. The van der Waals surface area contributed by atoms with Gasteiger partial charge in [0.1, 0.15) is 0 Å². The van der Waals surface area contributed by atoms with E-state index < -0.39 is 12.3 Å². The van der Waals surface area contributed by atoms with Crippen LogP contribution < -0.4 is 0 Å². The van der Waals surface area contributed by atoms with Gasteiger partial charge in [-0.15, -0.1) is 0 Å². The number of imidazole rings is 1. The summed E-state index contributed by atoms with van der Waals surface area (Å²) in [6.45, 7) is 3.16. The molecule has 0 atom stereocenters. The average Bonchev–Trinajstić information content (AvgIpc) is 3.11. The summed E-state index contributed by atoms with van der Waals surface area (Å²) >= 11 is 0. The molecule has 0 saturated heterocycles. The molecular weight excluding hydrogens is 322 g/mol. The van der Waals surface area contributed by atoms with Gasteiger partial charge in [-0.3, -0.25) is 4.98 Å². The molecule has 26 heavy (non-hydrogen) atoms. The van der Waals surface area contributed by atoms with E-state index in [1.807, 2.05) is 24.4 Å². The van der Waals surface area contributed by atoms with Gasteiger partial charge in [0, 0.05) is 33.0 Å². The third-order valence-electron chi connectivity index (χ3n) is 4.38. The standard InChI is InChI=1S/C21H21N5/c1-14-7-8-15(10-17(14)16-6-5-9-22-11-16)18-12-23-20-25-19(21(2,3)4)13-24-26(18)20/h5-13H,1-4H3/i2D3. The van der Waals surface area contributed by atoms with E-state index in [1.165, 1.54) is 6.20 Å². The molecule has 0 spiro atoms. The highest BCUT2D eigenvalue weighted by atomic mass is 15.3. The molecule has 4 aromatic rings. The fourth-order valence-corrected chi connectivity index (χ4v) is 2.89. The summed E-state index contributed by atoms with van der Waals surface area (Å²) in [5.41, 5.74) is 4.26. The molecule has 1 aromatic carbocycles. The van der Waals surface area contributed by atoms with E-state index in [0.29, 0.717) is 11.5 Å². The maximum atomic E-state index is 7.78. The van der Waals surface area contributed by atoms with Gasteiger partial charge in [-0.2, -0.15) is 9.61 Å². The Balaban J connectivity index is 1.80. The third kappa shape index (κ3) is 2.86. The second kappa shape index (κ2) is 6.02. The van der Waals surface area contributed by atoms with E-state index >= 15 is 0 Å². The van der Waals surface area contributed by atoms with Crippen LogP contribution >= 0.6 is 0 Å². The molecule has 0 aliphatic rings. The molecule has 0 unspecified atom stereocenters. The molecule has 5 nitrogen and oxygen atoms in total. The lowest BCUT2D eigenvalue weighted by Gasteiger charge is -2.16. The van der Waals surface area contributed by atoms with E-state index in [9.17, 15) is 0 Å². The van der Waals surface area contributed by atoms with Crippen LogP contribution in [0.2, 0.25) is 0 Å². The van der Waals surface area contributed by atoms with Gasteiger partial charge in [-0.05, 0) is 30.2 Å². The van der Waals surface area contributed by atoms with Gasteiger partial charge in [0.25, 0.3) is 5.78 Å². The molecule has 0 saturated carbocycles. The molecule has 0 aliphatic carbocycles. The lowest BCUT2D eigenvalue weighted by Crippen LogP contribution is -2.15. The molecule has 0 fully saturated rings. The Morgan fingerprint density at radius 3 is 2.73 bits per heavy atom. The Labute approximate surface area is 157 Å². The SMILES string of the molecule is [2H]C([2H])([2H])C(C)(C)c1cnn2c(-c3ccc(C)c(-c4cccnc4)c3)cnc2n1. The van der Waals surface area contributed by atoms with Crippen molar-refractivity contribution in [3.8, 4) is 22.4 Å². The number of benzene rings is 1. The van der Waals surface area contributed by atoms with Gasteiger partial charge in [-0.1, -0.05) is 38.9 Å². The van der Waals surface area contributed by atoms with Gasteiger partial charge >= 0.3 is 0 Å². The lowest BCUT2D eigenvalue weighted by molar-refractivity contribution is 0.562. The lowest BCUT2D eigenvalue weighted by atomic mass is 9.93. The van der Waals surface area contributed by atoms with Crippen molar-refractivity contribution in [3.63, 3.8) is 0 Å². The van der Waals surface area contributed by atoms with Crippen LogP contribution in [0.4, 0.5) is 0 Å². The van der Waals surface area contributed by atoms with Gasteiger partial charge in [-0.25, -0.2) is 9.97 Å². The van der Waals surface area contributed by atoms with Crippen molar-refractivity contribution in [1.29, 1.82) is 0 Å². The number of pyridine rings is 1. The van der Waals surface area contributed by atoms with Crippen molar-refractivity contribution >= 4 is 5.78 Å². The zero-order valence-electron chi connectivity index (χ0n) is 17.9. The number of hydrogen-bond acceptors (Lipinski definition) is 4. The molecule has 130 valence electrons. The first-order valence-corrected chi connectivity index (χ1v) is 8.41. The summed E-state index contributed by atoms with van der Waals surface area (Å²) in [7, 11) is 0. The van der Waals surface area contributed by atoms with E-state index in [1.54, 1.807) is 30.8 Å². The van der Waals surface area contributed by atoms with Crippen LogP contribution in [0, 0.1) is 6.92 Å². The Bertz CT molecular complexity index is 1180. The highest BCUT2D eigenvalue weighted by molar-refractivity contribution is 5.74. The molecule has 0 bridgehead atoms. The first-order chi connectivity index (χ1) is 13.7. The van der Waals surface area contributed by atoms with Crippen molar-refractivity contribution < 1.29 is 4.11 Å². The minimum atomic E-state index is -2.19. The topological polar surface area (TPSA) is 56.0 Å². The van der Waals surface area contributed by atoms with Crippen molar-refractivity contribution in [3.05, 3.63) is 66.4 Å². The Hall–Kier alpha value is -3.08. The zero-order valence-corrected chi connectivity index (χ0v) is 14.9. The number of fused-ring (bicyclic) bond motifs is 1. The zero-order chi connectivity index (χ0) is 20.8. The summed E-state index contributed by atoms with van der Waals surface area (Å²) in [6.07, 6.45) is 6.81. The number of aromatic nitrogens is 5. The summed E-state index contributed by atoms with van der Waals surface area (Å²) in [6, 6.07) is 10.1. The van der Waals surface area contributed by atoms with Gasteiger partial charge in [0.2, 0.25) is 0 Å². The van der Waals surface area contributed by atoms with Crippen LogP contribution in [0.3, 0.4) is 0 Å². The van der Waals surface area contributed by atoms with E-state index in [-0.39, 0.29) is 0 Å². The van der Waals surface area contributed by atoms with Crippen LogP contribution in [-0.4, -0.2) is 24.6 Å². The first-order valence-electron chi connectivity index (χ1n) is 9.91. The fourth-order valence-electron chi connectivity index (χ4n) is 2.89. The van der Waals surface area contributed by atoms with E-state index in [0.717, 1.165) is 27.9 Å². The van der Waals surface area contributed by atoms with Crippen molar-refractivity contribution in [2.75, 3.05) is 0 Å². The highest BCUT2D eigenvalue weighted by Gasteiger charge is 2.18. The monoisotopic (exact) mass is 346 g/mol. The maximum absolute atomic E-state index is 7.78. The average molecular weight is 346 g/mol. The fraction of sp³-hybridized carbons (Fsp3) is 0.238. The van der Waals surface area contributed by atoms with Gasteiger partial charge in [0.05, 0.1) is 23.8 Å². The predicted octanol–water partition coefficient (Wildman–Crippen LogP) is 4.46. The molecule has 3 aromatic heterocycles. The number of nitrogens with zero attached hydrogens (tertiary/aromatic N) is 5. The molecular formula is C21H21N5. The normalized spacial score (nSPS) is 14.0. The molecule has 4 rings (SSSR count). The van der Waals surface area contributed by atoms with Crippen LogP contribution in [0.15, 0.2) is 55.1 Å². The first kappa shape index (κ1) is 13.2. The quantitative estimate of drug-likeness (QED) is 0.538. The molecule has 0 radical (unpaired) electrons. The summed E-state index contributed by atoms with van der Waals surface area (Å²) in [5.74, 6) is 0.373. The molecule has 0 N–H and O–H groups in total. The van der Waals surface area contributed by atoms with Crippen molar-refractivity contribution in [2.45, 2.75) is 33.0 Å². The van der Waals surface area contributed by atoms with E-state index in [4.69, 9.17) is 4.11 Å². The minimum Gasteiger partial charge on any atom is -0.264 e. The van der Waals surface area contributed by atoms with Crippen LogP contribution in [0.25, 0.3) is 28.2 Å². The second-order valence-electron chi connectivity index (χ2n) is 6.89. The number of hydrogen-bond donors (Lipinski definition) is 0. The molecule has 0 amide bonds. The summed E-state index contributed by atoms with van der Waals surface area (Å²) in [4.78, 5) is 13.1. The smallest absolute Gasteiger partial charge is 0.251 e. The Morgan fingerprint density at radius 1 is 1.08 bits per heavy atom. The van der Waals surface area contributed by atoms with Crippen LogP contribution in [0.5, 0.6) is 0 Å². The maximum Gasteiger partial charge on any atom is 0.251 e. The van der Waals surface area contributed by atoms with Crippen molar-refractivity contribution in [1.82, 2.24) is 24.6 Å². The Morgan fingerprint density at radius 2 is 1.96 bits per heavy atom. The van der Waals surface area contributed by atoms with E-state index in [2.05, 4.69) is 39.1 Å². The van der Waals surface area contributed by atoms with Gasteiger partial charge in [0.15, 0.2) is 0 Å². The molecule has 5 heteroatoms. The number of aryl methyl sites for hydroxylation is 1. The highest BCUT2D eigenvalue weighted by Crippen LogP contribution is 2.29. The molecule has 0 aliphatic heterocycles. The van der Waals surface area contributed by atoms with Gasteiger partial charge < -0.3 is 0 Å². The Kier molecular flexibility index (Phi) is 3.05. The number of rotatable bonds is 2. The second-order valence-corrected chi connectivity index (χ2v) is 6.89. The summed E-state index contributed by atoms with van der Waals surface area (Å²) < 4.78 is 25.0. The predicted molar refractivity (Wildman–Crippen MR) is 103 cm³/mol. The molecule has 3 heterocycles. The van der Waals surface area contributed by atoms with Crippen LogP contribution in [0.1, 0.15) is 36.1 Å².